The number of carbonyl (C=O) groups excluding carboxylic acids is 1. The molecule has 4 N–H and O–H groups in total. The van der Waals surface area contributed by atoms with Crippen LogP contribution in [-0.2, 0) is 6.54 Å². The number of benzene rings is 2. The molecule has 2 aliphatic rings. The van der Waals surface area contributed by atoms with Crippen molar-refractivity contribution in [2.75, 3.05) is 36.6 Å². The molecule has 6 rings (SSSR count). The van der Waals surface area contributed by atoms with Crippen molar-refractivity contribution < 1.29 is 13.9 Å². The summed E-state index contributed by atoms with van der Waals surface area (Å²) in [5, 5.41) is 6.87. The standard InChI is InChI=1S/C25H22FN7O2/c1-12-17(9-29-23-22(12)28-5-6-35-23)16-8-19-18(21(27)20(16)26)10-30-25(32-19)31-14-3-4-15-13(7-14)11-33(2)24(15)34/h3-4,7-10,28H,5-6,11,27H2,1-2H3,(H,30,31,32). The highest BCUT2D eigenvalue weighted by molar-refractivity contribution is 5.99. The zero-order valence-corrected chi connectivity index (χ0v) is 19.1. The van der Waals surface area contributed by atoms with Gasteiger partial charge in [-0.2, -0.15) is 0 Å². The van der Waals surface area contributed by atoms with Gasteiger partial charge in [0, 0.05) is 60.3 Å². The van der Waals surface area contributed by atoms with Crippen LogP contribution < -0.4 is 21.1 Å². The lowest BCUT2D eigenvalue weighted by Gasteiger charge is -2.22. The van der Waals surface area contributed by atoms with Gasteiger partial charge >= 0.3 is 0 Å². The molecule has 2 aromatic heterocycles. The number of hydrogen-bond donors (Lipinski definition) is 3. The second-order valence-electron chi connectivity index (χ2n) is 8.69. The van der Waals surface area contributed by atoms with Crippen molar-refractivity contribution in [3.05, 3.63) is 59.2 Å². The van der Waals surface area contributed by atoms with Gasteiger partial charge in [-0.1, -0.05) is 0 Å². The Morgan fingerprint density at radius 1 is 1.17 bits per heavy atom. The topological polar surface area (TPSA) is 118 Å². The van der Waals surface area contributed by atoms with E-state index in [0.29, 0.717) is 59.1 Å². The van der Waals surface area contributed by atoms with Crippen LogP contribution in [0.3, 0.4) is 0 Å². The number of hydrogen-bond acceptors (Lipinski definition) is 8. The van der Waals surface area contributed by atoms with Crippen LogP contribution in [0.4, 0.5) is 27.4 Å². The molecule has 1 amide bonds. The highest BCUT2D eigenvalue weighted by Crippen LogP contribution is 2.39. The van der Waals surface area contributed by atoms with Crippen molar-refractivity contribution in [2.45, 2.75) is 13.5 Å². The van der Waals surface area contributed by atoms with Gasteiger partial charge in [-0.15, -0.1) is 0 Å². The van der Waals surface area contributed by atoms with E-state index in [0.717, 1.165) is 22.5 Å². The predicted molar refractivity (Wildman–Crippen MR) is 131 cm³/mol. The summed E-state index contributed by atoms with van der Waals surface area (Å²) in [5.74, 6) is 0.299. The van der Waals surface area contributed by atoms with Gasteiger partial charge < -0.3 is 26.0 Å². The van der Waals surface area contributed by atoms with Crippen molar-refractivity contribution in [1.29, 1.82) is 0 Å². The van der Waals surface area contributed by atoms with Crippen LogP contribution in [-0.4, -0.2) is 46.0 Å². The SMILES string of the molecule is Cc1c(-c2cc3nc(Nc4ccc5c(c4)CN(C)C5=O)ncc3c(N)c2F)cnc2c1NCCO2. The fraction of sp³-hybridized carbons (Fsp3) is 0.200. The first-order valence-corrected chi connectivity index (χ1v) is 11.2. The minimum atomic E-state index is -0.546. The summed E-state index contributed by atoms with van der Waals surface area (Å²) >= 11 is 0. The number of nitrogens with two attached hydrogens (primary N) is 1. The first kappa shape index (κ1) is 21.1. The molecule has 176 valence electrons. The Morgan fingerprint density at radius 3 is 2.89 bits per heavy atom. The number of nitrogens with one attached hydrogen (secondary N) is 2. The summed E-state index contributed by atoms with van der Waals surface area (Å²) in [6.07, 6.45) is 3.10. The maximum atomic E-state index is 15.4. The maximum absolute atomic E-state index is 15.4. The second-order valence-corrected chi connectivity index (χ2v) is 8.69. The van der Waals surface area contributed by atoms with Crippen molar-refractivity contribution >= 4 is 39.8 Å². The molecular weight excluding hydrogens is 449 g/mol. The molecule has 2 aliphatic heterocycles. The van der Waals surface area contributed by atoms with Gasteiger partial charge in [-0.05, 0) is 42.3 Å². The monoisotopic (exact) mass is 471 g/mol. The van der Waals surface area contributed by atoms with E-state index in [1.807, 2.05) is 19.1 Å². The zero-order valence-electron chi connectivity index (χ0n) is 19.1. The number of anilines is 4. The average molecular weight is 471 g/mol. The van der Waals surface area contributed by atoms with E-state index in [1.165, 1.54) is 6.20 Å². The lowest BCUT2D eigenvalue weighted by atomic mass is 9.98. The van der Waals surface area contributed by atoms with Gasteiger partial charge in [0.2, 0.25) is 11.8 Å². The van der Waals surface area contributed by atoms with E-state index in [2.05, 4.69) is 25.6 Å². The molecule has 2 aromatic carbocycles. The van der Waals surface area contributed by atoms with Crippen LogP contribution in [0.1, 0.15) is 21.5 Å². The molecule has 0 bridgehead atoms. The minimum absolute atomic E-state index is 0.00672. The van der Waals surface area contributed by atoms with E-state index in [4.69, 9.17) is 10.5 Å². The number of ether oxygens (including phenoxy) is 1. The van der Waals surface area contributed by atoms with E-state index >= 15 is 4.39 Å². The van der Waals surface area contributed by atoms with Crippen molar-refractivity contribution in [3.63, 3.8) is 0 Å². The molecule has 0 unspecified atom stereocenters. The molecule has 0 atom stereocenters. The molecule has 0 aliphatic carbocycles. The smallest absolute Gasteiger partial charge is 0.254 e. The molecule has 0 fully saturated rings. The molecule has 4 aromatic rings. The van der Waals surface area contributed by atoms with Crippen LogP contribution in [0.5, 0.6) is 5.88 Å². The molecule has 9 nitrogen and oxygen atoms in total. The number of amides is 1. The summed E-state index contributed by atoms with van der Waals surface area (Å²) in [4.78, 5) is 27.1. The normalized spacial score (nSPS) is 14.4. The lowest BCUT2D eigenvalue weighted by molar-refractivity contribution is 0.0816. The fourth-order valence-corrected chi connectivity index (χ4v) is 4.60. The molecule has 0 saturated carbocycles. The summed E-state index contributed by atoms with van der Waals surface area (Å²) in [7, 11) is 1.77. The zero-order chi connectivity index (χ0) is 24.3. The molecular formula is C25H22FN7O2. The van der Waals surface area contributed by atoms with E-state index < -0.39 is 5.82 Å². The first-order valence-electron chi connectivity index (χ1n) is 11.2. The van der Waals surface area contributed by atoms with Crippen molar-refractivity contribution in [3.8, 4) is 17.0 Å². The van der Waals surface area contributed by atoms with Crippen LogP contribution in [0.25, 0.3) is 22.0 Å². The van der Waals surface area contributed by atoms with E-state index in [-0.39, 0.29) is 11.6 Å². The summed E-state index contributed by atoms with van der Waals surface area (Å²) < 4.78 is 20.9. The number of nitrogens with zero attached hydrogens (tertiary/aromatic N) is 4. The number of fused-ring (bicyclic) bond motifs is 3. The Balaban J connectivity index is 1.40. The predicted octanol–water partition coefficient (Wildman–Crippen LogP) is 3.86. The van der Waals surface area contributed by atoms with Crippen molar-refractivity contribution in [1.82, 2.24) is 19.9 Å². The molecule has 0 radical (unpaired) electrons. The largest absolute Gasteiger partial charge is 0.474 e. The minimum Gasteiger partial charge on any atom is -0.474 e. The molecule has 4 heterocycles. The van der Waals surface area contributed by atoms with E-state index in [1.54, 1.807) is 30.3 Å². The summed E-state index contributed by atoms with van der Waals surface area (Å²) in [5.41, 5.74) is 11.5. The van der Waals surface area contributed by atoms with Crippen molar-refractivity contribution in [2.24, 2.45) is 0 Å². The number of halogens is 1. The molecule has 35 heavy (non-hydrogen) atoms. The molecule has 0 saturated heterocycles. The number of carbonyl (C=O) groups is 1. The number of nitrogen functional groups attached to an aromatic ring is 1. The summed E-state index contributed by atoms with van der Waals surface area (Å²) in [6, 6.07) is 7.17. The molecule has 10 heteroatoms. The van der Waals surface area contributed by atoms with E-state index in [9.17, 15) is 4.79 Å². The quantitative estimate of drug-likeness (QED) is 0.386. The second kappa shape index (κ2) is 7.79. The number of aromatic nitrogens is 3. The Hall–Kier alpha value is -4.47. The number of pyridine rings is 1. The van der Waals surface area contributed by atoms with Crippen LogP contribution >= 0.6 is 0 Å². The van der Waals surface area contributed by atoms with Gasteiger partial charge in [0.15, 0.2) is 5.82 Å². The Labute approximate surface area is 200 Å². The van der Waals surface area contributed by atoms with Crippen LogP contribution in [0, 0.1) is 12.7 Å². The Kier molecular flexibility index (Phi) is 4.70. The summed E-state index contributed by atoms with van der Waals surface area (Å²) in [6.45, 7) is 3.62. The molecule has 0 spiro atoms. The Bertz CT molecular complexity index is 1540. The van der Waals surface area contributed by atoms with Gasteiger partial charge in [-0.25, -0.2) is 19.3 Å². The van der Waals surface area contributed by atoms with Gasteiger partial charge in [-0.3, -0.25) is 4.79 Å². The maximum Gasteiger partial charge on any atom is 0.254 e. The van der Waals surface area contributed by atoms with Crippen LogP contribution in [0.2, 0.25) is 0 Å². The fourth-order valence-electron chi connectivity index (χ4n) is 4.60. The van der Waals surface area contributed by atoms with Gasteiger partial charge in [0.1, 0.15) is 12.3 Å². The van der Waals surface area contributed by atoms with Gasteiger partial charge in [0.05, 0.1) is 11.2 Å². The third-order valence-electron chi connectivity index (χ3n) is 6.44. The average Bonchev–Trinajstić information content (AvgIpc) is 3.14. The van der Waals surface area contributed by atoms with Crippen LogP contribution in [0.15, 0.2) is 36.7 Å². The highest BCUT2D eigenvalue weighted by Gasteiger charge is 2.25. The lowest BCUT2D eigenvalue weighted by Crippen LogP contribution is -2.20. The third kappa shape index (κ3) is 3.37. The highest BCUT2D eigenvalue weighted by atomic mass is 19.1. The number of rotatable bonds is 3. The first-order chi connectivity index (χ1) is 16.9. The third-order valence-corrected chi connectivity index (χ3v) is 6.44. The Morgan fingerprint density at radius 2 is 2.03 bits per heavy atom. The van der Waals surface area contributed by atoms with Gasteiger partial charge in [0.25, 0.3) is 5.91 Å².